The Labute approximate surface area is 201 Å². The molecule has 2 aromatic heterocycles. The predicted molar refractivity (Wildman–Crippen MR) is 132 cm³/mol. The summed E-state index contributed by atoms with van der Waals surface area (Å²) in [6, 6.07) is 11.6. The number of anilines is 1. The van der Waals surface area contributed by atoms with Gasteiger partial charge in [-0.3, -0.25) is 4.79 Å². The van der Waals surface area contributed by atoms with Crippen LogP contribution >= 0.6 is 11.3 Å². The summed E-state index contributed by atoms with van der Waals surface area (Å²) in [7, 11) is 3.27. The molecule has 34 heavy (non-hydrogen) atoms. The fourth-order valence-electron chi connectivity index (χ4n) is 4.31. The topological polar surface area (TPSA) is 87.5 Å². The van der Waals surface area contributed by atoms with Gasteiger partial charge >= 0.3 is 0 Å². The zero-order valence-corrected chi connectivity index (χ0v) is 20.4. The average molecular weight is 479 g/mol. The van der Waals surface area contributed by atoms with Crippen molar-refractivity contribution in [2.75, 3.05) is 26.1 Å². The third kappa shape index (κ3) is 3.86. The second-order valence-electron chi connectivity index (χ2n) is 8.15. The Bertz CT molecular complexity index is 1380. The van der Waals surface area contributed by atoms with Crippen molar-refractivity contribution < 1.29 is 19.0 Å². The van der Waals surface area contributed by atoms with E-state index in [0.29, 0.717) is 35.5 Å². The van der Waals surface area contributed by atoms with Crippen LogP contribution < -0.4 is 19.5 Å². The number of carbonyl (C=O) groups is 1. The summed E-state index contributed by atoms with van der Waals surface area (Å²) >= 11 is 1.50. The van der Waals surface area contributed by atoms with Gasteiger partial charge < -0.3 is 19.5 Å². The number of thiazole rings is 1. The van der Waals surface area contributed by atoms with Crippen LogP contribution in [0.3, 0.4) is 0 Å². The second-order valence-corrected chi connectivity index (χ2v) is 9.16. The number of amides is 1. The summed E-state index contributed by atoms with van der Waals surface area (Å²) in [5.74, 6) is 2.58. The molecule has 1 aliphatic heterocycles. The highest BCUT2D eigenvalue weighted by Gasteiger charge is 2.33. The molecule has 1 aliphatic rings. The first-order valence-corrected chi connectivity index (χ1v) is 12.0. The minimum Gasteiger partial charge on any atom is -0.497 e. The first kappa shape index (κ1) is 22.2. The van der Waals surface area contributed by atoms with Gasteiger partial charge in [0.25, 0.3) is 0 Å². The molecule has 1 N–H and O–H groups in total. The summed E-state index contributed by atoms with van der Waals surface area (Å²) in [5.41, 5.74) is 3.67. The maximum atomic E-state index is 12.8. The molecule has 0 radical (unpaired) electrons. The minimum absolute atomic E-state index is 0.0632. The normalized spacial score (nSPS) is 15.2. The Hall–Kier alpha value is -3.59. The van der Waals surface area contributed by atoms with Gasteiger partial charge in [-0.2, -0.15) is 9.78 Å². The molecule has 0 unspecified atom stereocenters. The molecule has 2 aromatic carbocycles. The Morgan fingerprint density at radius 3 is 2.76 bits per heavy atom. The van der Waals surface area contributed by atoms with Crippen LogP contribution in [0.25, 0.3) is 15.3 Å². The van der Waals surface area contributed by atoms with E-state index >= 15 is 0 Å². The molecular formula is C25H26N4O4S. The van der Waals surface area contributed by atoms with E-state index in [0.717, 1.165) is 39.2 Å². The van der Waals surface area contributed by atoms with Crippen LogP contribution in [0, 0.1) is 6.92 Å². The number of fused-ring (bicyclic) bond motifs is 2. The Morgan fingerprint density at radius 2 is 2.00 bits per heavy atom. The fraction of sp³-hybridized carbons (Fsp3) is 0.320. The van der Waals surface area contributed by atoms with E-state index < -0.39 is 0 Å². The molecule has 1 amide bonds. The third-order valence-electron chi connectivity index (χ3n) is 5.92. The summed E-state index contributed by atoms with van der Waals surface area (Å²) in [4.78, 5) is 17.5. The van der Waals surface area contributed by atoms with Gasteiger partial charge in [0.15, 0.2) is 11.5 Å². The second kappa shape index (κ2) is 8.98. The molecule has 5 rings (SSSR count). The van der Waals surface area contributed by atoms with Crippen molar-refractivity contribution in [2.24, 2.45) is 0 Å². The highest BCUT2D eigenvalue weighted by molar-refractivity contribution is 7.20. The van der Waals surface area contributed by atoms with E-state index in [1.807, 2.05) is 43.3 Å². The lowest BCUT2D eigenvalue weighted by atomic mass is 9.85. The highest BCUT2D eigenvalue weighted by Crippen LogP contribution is 2.43. The van der Waals surface area contributed by atoms with Gasteiger partial charge in [0, 0.05) is 17.9 Å². The Morgan fingerprint density at radius 1 is 1.15 bits per heavy atom. The van der Waals surface area contributed by atoms with Gasteiger partial charge in [0.05, 0.1) is 36.7 Å². The monoisotopic (exact) mass is 478 g/mol. The molecule has 0 aliphatic carbocycles. The number of hydrogen-bond acceptors (Lipinski definition) is 7. The van der Waals surface area contributed by atoms with E-state index in [-0.39, 0.29) is 11.8 Å². The van der Waals surface area contributed by atoms with Gasteiger partial charge in [0.2, 0.25) is 11.0 Å². The number of aryl methyl sites for hydroxylation is 1. The van der Waals surface area contributed by atoms with E-state index in [9.17, 15) is 4.79 Å². The van der Waals surface area contributed by atoms with Crippen molar-refractivity contribution in [1.29, 1.82) is 0 Å². The molecule has 0 spiro atoms. The molecule has 9 heteroatoms. The molecule has 1 atom stereocenters. The van der Waals surface area contributed by atoms with Crippen LogP contribution in [0.4, 0.5) is 5.82 Å². The van der Waals surface area contributed by atoms with Gasteiger partial charge in [-0.25, -0.2) is 4.98 Å². The maximum absolute atomic E-state index is 12.8. The maximum Gasteiger partial charge on any atom is 0.226 e. The van der Waals surface area contributed by atoms with Crippen molar-refractivity contribution in [3.8, 4) is 22.4 Å². The lowest BCUT2D eigenvalue weighted by molar-refractivity contribution is -0.116. The molecule has 0 fully saturated rings. The van der Waals surface area contributed by atoms with Crippen LogP contribution in [0.5, 0.6) is 17.2 Å². The zero-order valence-electron chi connectivity index (χ0n) is 19.5. The van der Waals surface area contributed by atoms with Crippen LogP contribution in [0.15, 0.2) is 36.4 Å². The number of carbonyl (C=O) groups excluding carboxylic acids is 1. The minimum atomic E-state index is -0.152. The van der Waals surface area contributed by atoms with E-state index in [1.165, 1.54) is 11.3 Å². The summed E-state index contributed by atoms with van der Waals surface area (Å²) in [6.07, 6.45) is 1.24. The van der Waals surface area contributed by atoms with Gasteiger partial charge in [-0.15, -0.1) is 0 Å². The summed E-state index contributed by atoms with van der Waals surface area (Å²) in [5, 5.41) is 8.49. The number of ether oxygens (including phenoxy) is 3. The third-order valence-corrected chi connectivity index (χ3v) is 6.91. The zero-order chi connectivity index (χ0) is 23.8. The largest absolute Gasteiger partial charge is 0.497 e. The molecule has 8 nitrogen and oxygen atoms in total. The lowest BCUT2D eigenvalue weighted by Crippen LogP contribution is -2.25. The number of nitrogens with zero attached hydrogens (tertiary/aromatic N) is 3. The van der Waals surface area contributed by atoms with Crippen molar-refractivity contribution >= 4 is 33.3 Å². The number of aromatic nitrogens is 3. The standard InChI is InChI=1S/C25H26N4O4S/c1-5-10-33-19-9-6-15(11-20(19)32-4)17-13-22(30)27-24-23(17)14(2)28-29(24)25-26-18-8-7-16(31-3)12-21(18)34-25/h6-9,11-12,17H,5,10,13H2,1-4H3,(H,27,30)/t17-/m1/s1. The fourth-order valence-corrected chi connectivity index (χ4v) is 5.27. The van der Waals surface area contributed by atoms with Crippen LogP contribution in [-0.4, -0.2) is 41.5 Å². The van der Waals surface area contributed by atoms with Gasteiger partial charge in [-0.05, 0) is 49.2 Å². The number of nitrogens with one attached hydrogen (secondary N) is 1. The van der Waals surface area contributed by atoms with Crippen molar-refractivity contribution in [3.05, 3.63) is 53.2 Å². The molecule has 176 valence electrons. The number of hydrogen-bond donors (Lipinski definition) is 1. The van der Waals surface area contributed by atoms with Crippen LogP contribution in [0.2, 0.25) is 0 Å². The summed E-state index contributed by atoms with van der Waals surface area (Å²) in [6.45, 7) is 4.64. The van der Waals surface area contributed by atoms with Crippen molar-refractivity contribution in [1.82, 2.24) is 14.8 Å². The average Bonchev–Trinajstić information content (AvgIpc) is 3.42. The van der Waals surface area contributed by atoms with Crippen LogP contribution in [-0.2, 0) is 4.79 Å². The smallest absolute Gasteiger partial charge is 0.226 e. The van der Waals surface area contributed by atoms with Crippen molar-refractivity contribution in [2.45, 2.75) is 32.6 Å². The van der Waals surface area contributed by atoms with E-state index in [2.05, 4.69) is 12.2 Å². The summed E-state index contributed by atoms with van der Waals surface area (Å²) < 4.78 is 19.4. The predicted octanol–water partition coefficient (Wildman–Crippen LogP) is 5.07. The molecular weight excluding hydrogens is 452 g/mol. The van der Waals surface area contributed by atoms with Gasteiger partial charge in [-0.1, -0.05) is 24.3 Å². The lowest BCUT2D eigenvalue weighted by Gasteiger charge is -2.24. The van der Waals surface area contributed by atoms with Crippen LogP contribution in [0.1, 0.15) is 42.5 Å². The molecule has 4 aromatic rings. The number of rotatable bonds is 7. The van der Waals surface area contributed by atoms with Gasteiger partial charge in [0.1, 0.15) is 11.6 Å². The quantitative estimate of drug-likeness (QED) is 0.399. The molecule has 0 bridgehead atoms. The van der Waals surface area contributed by atoms with Crippen molar-refractivity contribution in [3.63, 3.8) is 0 Å². The van der Waals surface area contributed by atoms with E-state index in [4.69, 9.17) is 24.3 Å². The first-order chi connectivity index (χ1) is 16.5. The molecule has 0 saturated heterocycles. The molecule has 0 saturated carbocycles. The SMILES string of the molecule is CCCOc1ccc([C@H]2CC(=O)Nc3c2c(C)nn3-c2nc3ccc(OC)cc3s2)cc1OC. The highest BCUT2D eigenvalue weighted by atomic mass is 32.1. The Kier molecular flexibility index (Phi) is 5.87. The molecule has 3 heterocycles. The van der Waals surface area contributed by atoms with E-state index in [1.54, 1.807) is 18.9 Å². The number of methoxy groups -OCH3 is 2. The first-order valence-electron chi connectivity index (χ1n) is 11.2. The number of benzene rings is 2. The Balaban J connectivity index is 1.58.